The van der Waals surface area contributed by atoms with Crippen LogP contribution in [0.1, 0.15) is 23.8 Å². The molecule has 1 saturated carbocycles. The van der Waals surface area contributed by atoms with E-state index >= 15 is 0 Å². The first-order chi connectivity index (χ1) is 12.3. The molecule has 26 heavy (non-hydrogen) atoms. The summed E-state index contributed by atoms with van der Waals surface area (Å²) in [4.78, 5) is 37.4. The molecule has 3 rings (SSSR count). The first kappa shape index (κ1) is 18.3. The lowest BCUT2D eigenvalue weighted by molar-refractivity contribution is -0.139. The van der Waals surface area contributed by atoms with Crippen molar-refractivity contribution in [3.05, 3.63) is 21.6 Å². The van der Waals surface area contributed by atoms with Crippen LogP contribution in [0.25, 0.3) is 0 Å². The van der Waals surface area contributed by atoms with E-state index in [1.807, 2.05) is 6.92 Å². The van der Waals surface area contributed by atoms with Gasteiger partial charge in [0, 0.05) is 10.9 Å². The fraction of sp³-hybridized carbons (Fsp3) is 0.500. The molecule has 4 atom stereocenters. The molecule has 1 aliphatic carbocycles. The predicted octanol–water partition coefficient (Wildman–Crippen LogP) is -0.231. The quantitative estimate of drug-likeness (QED) is 0.295. The number of likely N-dealkylation sites (tertiary alicyclic amines) is 1. The van der Waals surface area contributed by atoms with Gasteiger partial charge in [-0.2, -0.15) is 4.39 Å². The molecule has 140 valence electrons. The van der Waals surface area contributed by atoms with E-state index in [1.165, 1.54) is 6.07 Å². The predicted molar refractivity (Wildman–Crippen MR) is 92.9 cm³/mol. The van der Waals surface area contributed by atoms with Crippen molar-refractivity contribution < 1.29 is 18.8 Å². The van der Waals surface area contributed by atoms with Crippen LogP contribution in [0.4, 0.5) is 4.39 Å². The lowest BCUT2D eigenvalue weighted by Crippen LogP contribution is -2.50. The molecule has 3 amide bonds. The monoisotopic (exact) mass is 381 g/mol. The van der Waals surface area contributed by atoms with Crippen molar-refractivity contribution in [2.24, 2.45) is 17.6 Å². The van der Waals surface area contributed by atoms with E-state index in [9.17, 15) is 18.8 Å². The number of nitrogen functional groups attached to an aromatic ring is 1. The summed E-state index contributed by atoms with van der Waals surface area (Å²) in [6.45, 7) is 2.00. The van der Waals surface area contributed by atoms with Crippen LogP contribution in [0.5, 0.6) is 0 Å². The van der Waals surface area contributed by atoms with Crippen LogP contribution in [0.3, 0.4) is 0 Å². The Bertz CT molecular complexity index is 767. The first-order valence-corrected chi connectivity index (χ1v) is 9.05. The second-order valence-corrected chi connectivity index (χ2v) is 7.68. The number of carbonyl (C=O) groups excluding carboxylic acids is 3. The van der Waals surface area contributed by atoms with Crippen LogP contribution in [0.15, 0.2) is 6.07 Å². The minimum Gasteiger partial charge on any atom is -0.384 e. The molecule has 0 bridgehead atoms. The molecule has 2 fully saturated rings. The maximum Gasteiger partial charge on any atom is 0.243 e. The van der Waals surface area contributed by atoms with Gasteiger partial charge < -0.3 is 21.3 Å². The zero-order valence-electron chi connectivity index (χ0n) is 14.1. The maximum atomic E-state index is 13.7. The molecular weight excluding hydrogens is 361 g/mol. The number of piperidine rings is 1. The van der Waals surface area contributed by atoms with E-state index in [1.54, 1.807) is 4.90 Å². The van der Waals surface area contributed by atoms with Gasteiger partial charge in [0.2, 0.25) is 18.2 Å². The molecule has 1 aromatic heterocycles. The minimum atomic E-state index is -0.584. The third kappa shape index (κ3) is 3.28. The molecule has 2 heterocycles. The number of fused-ring (bicyclic) bond motifs is 1. The number of nitrogens with two attached hydrogens (primary N) is 1. The van der Waals surface area contributed by atoms with Crippen molar-refractivity contribution in [1.29, 1.82) is 5.41 Å². The second-order valence-electron chi connectivity index (χ2n) is 6.60. The van der Waals surface area contributed by atoms with Gasteiger partial charge >= 0.3 is 0 Å². The highest BCUT2D eigenvalue weighted by molar-refractivity contribution is 7.10. The van der Waals surface area contributed by atoms with E-state index in [0.29, 0.717) is 29.5 Å². The van der Waals surface area contributed by atoms with Crippen LogP contribution in [0, 0.1) is 22.4 Å². The normalized spacial score (nSPS) is 26.2. The summed E-state index contributed by atoms with van der Waals surface area (Å²) in [5.41, 5.74) is 5.32. The van der Waals surface area contributed by atoms with E-state index in [-0.39, 0.29) is 42.3 Å². The average Bonchev–Trinajstić information content (AvgIpc) is 2.97. The molecule has 1 aliphatic heterocycles. The average molecular weight is 381 g/mol. The van der Waals surface area contributed by atoms with Crippen LogP contribution in [-0.4, -0.2) is 47.6 Å². The number of hydrogen-bond donors (Lipinski definition) is 4. The summed E-state index contributed by atoms with van der Waals surface area (Å²) in [7, 11) is 0. The zero-order chi connectivity index (χ0) is 19.0. The highest BCUT2D eigenvalue weighted by Crippen LogP contribution is 2.53. The molecular formula is C16H20FN5O3S. The Morgan fingerprint density at radius 3 is 2.88 bits per heavy atom. The topological polar surface area (TPSA) is 128 Å². The Balaban J connectivity index is 1.63. The van der Waals surface area contributed by atoms with E-state index in [0.717, 1.165) is 11.3 Å². The molecule has 5 N–H and O–H groups in total. The SMILES string of the molecule is CC1C2CC(C(=O)NCc3cc(C(=N)N)c(F)s3)N(C(=O)CNC=O)C12. The molecule has 2 aliphatic rings. The fourth-order valence-corrected chi connectivity index (χ4v) is 4.52. The number of amidine groups is 1. The Labute approximate surface area is 153 Å². The third-order valence-electron chi connectivity index (χ3n) is 5.06. The van der Waals surface area contributed by atoms with E-state index in [2.05, 4.69) is 10.6 Å². The number of nitrogens with zero attached hydrogens (tertiary/aromatic N) is 1. The van der Waals surface area contributed by atoms with Crippen molar-refractivity contribution in [2.75, 3.05) is 6.54 Å². The van der Waals surface area contributed by atoms with Crippen molar-refractivity contribution in [2.45, 2.75) is 32.0 Å². The van der Waals surface area contributed by atoms with Gasteiger partial charge in [-0.15, -0.1) is 11.3 Å². The Morgan fingerprint density at radius 2 is 2.27 bits per heavy atom. The van der Waals surface area contributed by atoms with Crippen molar-refractivity contribution in [3.63, 3.8) is 0 Å². The molecule has 8 nitrogen and oxygen atoms in total. The number of carbonyl (C=O) groups is 3. The summed E-state index contributed by atoms with van der Waals surface area (Å²) in [6, 6.07) is 0.891. The second kappa shape index (κ2) is 7.02. The van der Waals surface area contributed by atoms with Crippen molar-refractivity contribution in [3.8, 4) is 0 Å². The van der Waals surface area contributed by atoms with Crippen molar-refractivity contribution >= 4 is 35.4 Å². The lowest BCUT2D eigenvalue weighted by atomic mass is 10.1. The van der Waals surface area contributed by atoms with Crippen LogP contribution >= 0.6 is 11.3 Å². The van der Waals surface area contributed by atoms with E-state index in [4.69, 9.17) is 11.1 Å². The molecule has 1 aromatic rings. The van der Waals surface area contributed by atoms with Crippen molar-refractivity contribution in [1.82, 2.24) is 15.5 Å². The van der Waals surface area contributed by atoms with Gasteiger partial charge in [0.25, 0.3) is 0 Å². The standard InChI is InChI=1S/C16H20FN5O3S/c1-7-9-3-11(22(13(7)9)12(24)5-20-6-23)16(25)21-4-8-2-10(15(18)19)14(17)26-8/h2,6-7,9,11,13H,3-5H2,1H3,(H3,18,19)(H,20,23)(H,21,25). The van der Waals surface area contributed by atoms with Gasteiger partial charge in [-0.3, -0.25) is 19.8 Å². The van der Waals surface area contributed by atoms with Gasteiger partial charge in [-0.1, -0.05) is 6.92 Å². The largest absolute Gasteiger partial charge is 0.384 e. The van der Waals surface area contributed by atoms with Gasteiger partial charge in [-0.05, 0) is 24.3 Å². The summed E-state index contributed by atoms with van der Waals surface area (Å²) in [5, 5.41) is 11.8. The minimum absolute atomic E-state index is 0.0203. The fourth-order valence-electron chi connectivity index (χ4n) is 3.69. The van der Waals surface area contributed by atoms with Gasteiger partial charge in [0.15, 0.2) is 5.13 Å². The number of thiophene rings is 1. The number of rotatable bonds is 7. The van der Waals surface area contributed by atoms with Crippen LogP contribution in [0.2, 0.25) is 0 Å². The van der Waals surface area contributed by atoms with Gasteiger partial charge in [-0.25, -0.2) is 0 Å². The Morgan fingerprint density at radius 1 is 1.54 bits per heavy atom. The summed E-state index contributed by atoms with van der Waals surface area (Å²) in [5.74, 6) is -0.295. The lowest BCUT2D eigenvalue weighted by Gasteiger charge is -2.27. The highest BCUT2D eigenvalue weighted by atomic mass is 32.1. The molecule has 0 radical (unpaired) electrons. The number of halogens is 1. The summed E-state index contributed by atoms with van der Waals surface area (Å²) < 4.78 is 13.7. The highest BCUT2D eigenvalue weighted by Gasteiger charge is 2.61. The Hall–Kier alpha value is -2.49. The third-order valence-corrected chi connectivity index (χ3v) is 5.98. The van der Waals surface area contributed by atoms with Gasteiger partial charge in [0.05, 0.1) is 18.7 Å². The Kier molecular flexibility index (Phi) is 4.94. The number of nitrogens with one attached hydrogen (secondary N) is 3. The van der Waals surface area contributed by atoms with E-state index < -0.39 is 11.2 Å². The first-order valence-electron chi connectivity index (χ1n) is 8.23. The molecule has 0 aromatic carbocycles. The van der Waals surface area contributed by atoms with Gasteiger partial charge in [0.1, 0.15) is 11.9 Å². The molecule has 1 saturated heterocycles. The molecule has 0 spiro atoms. The molecule has 10 heteroatoms. The summed E-state index contributed by atoms with van der Waals surface area (Å²) >= 11 is 0.824. The van der Waals surface area contributed by atoms with Crippen LogP contribution < -0.4 is 16.4 Å². The maximum absolute atomic E-state index is 13.7. The number of hydrogen-bond acceptors (Lipinski definition) is 5. The van der Waals surface area contributed by atoms with Crippen LogP contribution in [-0.2, 0) is 20.9 Å². The zero-order valence-corrected chi connectivity index (χ0v) is 14.9. The number of amides is 3. The smallest absolute Gasteiger partial charge is 0.243 e. The summed E-state index contributed by atoms with van der Waals surface area (Å²) in [6.07, 6.45) is 1.04. The molecule has 4 unspecified atom stereocenters.